The summed E-state index contributed by atoms with van der Waals surface area (Å²) >= 11 is 0. The van der Waals surface area contributed by atoms with E-state index in [1.54, 1.807) is 21.0 Å². The third-order valence-corrected chi connectivity index (χ3v) is 2.84. The predicted octanol–water partition coefficient (Wildman–Crippen LogP) is 0.267. The number of hydrogen-bond acceptors (Lipinski definition) is 4. The second kappa shape index (κ2) is 6.09. The van der Waals surface area contributed by atoms with Gasteiger partial charge in [-0.25, -0.2) is 4.79 Å². The Morgan fingerprint density at radius 1 is 1.38 bits per heavy atom. The molecule has 0 aliphatic rings. The van der Waals surface area contributed by atoms with E-state index < -0.39 is 10.1 Å². The van der Waals surface area contributed by atoms with Crippen LogP contribution in [0.1, 0.15) is 13.3 Å². The fourth-order valence-corrected chi connectivity index (χ4v) is 1.75. The van der Waals surface area contributed by atoms with Gasteiger partial charge < -0.3 is 5.48 Å². The highest BCUT2D eigenvalue weighted by Gasteiger charge is 2.26. The van der Waals surface area contributed by atoms with Gasteiger partial charge in [-0.3, -0.25) is 9.04 Å². The average Bonchev–Trinajstić information content (AvgIpc) is 1.99. The van der Waals surface area contributed by atoms with Gasteiger partial charge in [0.2, 0.25) is 0 Å². The van der Waals surface area contributed by atoms with Crippen molar-refractivity contribution < 1.29 is 27.7 Å². The van der Waals surface area contributed by atoms with Crippen LogP contribution < -0.4 is 0 Å². The Bertz CT molecular complexity index is 358. The average molecular weight is 253 g/mol. The molecule has 0 heterocycles. The second-order valence-corrected chi connectivity index (χ2v) is 5.71. The van der Waals surface area contributed by atoms with Gasteiger partial charge in [-0.15, -0.1) is 0 Å². The first-order valence-corrected chi connectivity index (χ1v) is 6.16. The van der Waals surface area contributed by atoms with Gasteiger partial charge in [-0.2, -0.15) is 8.42 Å². The summed E-state index contributed by atoms with van der Waals surface area (Å²) in [4.78, 5) is 11.6. The Morgan fingerprint density at radius 3 is 2.12 bits per heavy atom. The number of carbonyl (C=O) groups excluding carboxylic acids is 1. The van der Waals surface area contributed by atoms with E-state index in [1.807, 2.05) is 0 Å². The van der Waals surface area contributed by atoms with E-state index in [1.165, 1.54) is 0 Å². The molecule has 0 aromatic heterocycles. The van der Waals surface area contributed by atoms with E-state index in [0.29, 0.717) is 12.1 Å². The number of carbonyl (C=O) groups is 1. The molecule has 1 amide bonds. The van der Waals surface area contributed by atoms with Crippen LogP contribution in [0.3, 0.4) is 0 Å². The van der Waals surface area contributed by atoms with E-state index in [4.69, 9.17) is 4.55 Å². The summed E-state index contributed by atoms with van der Waals surface area (Å²) in [7, 11) is -0.573. The molecule has 0 rings (SSSR count). The Balaban J connectivity index is 0. The number of likely N-dealkylation sites (N-methyl/N-ethyl adjacent to an activating group) is 1. The molecule has 0 bridgehead atoms. The van der Waals surface area contributed by atoms with Crippen molar-refractivity contribution in [3.05, 3.63) is 12.2 Å². The van der Waals surface area contributed by atoms with Crippen LogP contribution in [0.5, 0.6) is 0 Å². The molecule has 0 radical (unpaired) electrons. The standard InChI is InChI=1S/C9H17NO4S.H2O/c1-8(2)9(11)10(3,4)6-5-7-15(12,13)14;/h1,5-7H2,2-4H3;1H2. The molecule has 16 heavy (non-hydrogen) atoms. The Morgan fingerprint density at radius 2 is 1.81 bits per heavy atom. The quantitative estimate of drug-likeness (QED) is 0.430. The van der Waals surface area contributed by atoms with Gasteiger partial charge in [0, 0.05) is 12.0 Å². The summed E-state index contributed by atoms with van der Waals surface area (Å²) in [6.45, 7) is 5.51. The van der Waals surface area contributed by atoms with E-state index in [9.17, 15) is 13.2 Å². The van der Waals surface area contributed by atoms with Crippen LogP contribution in [0.2, 0.25) is 0 Å². The lowest BCUT2D eigenvalue weighted by Crippen LogP contribution is -2.46. The molecule has 0 saturated carbocycles. The van der Waals surface area contributed by atoms with Gasteiger partial charge in [0.05, 0.1) is 26.4 Å². The molecule has 0 atom stereocenters. The molecular formula is C9H19NO5S. The molecular weight excluding hydrogens is 234 g/mol. The number of nitrogens with zero attached hydrogens (tertiary/aromatic N) is 1. The van der Waals surface area contributed by atoms with Crippen molar-refractivity contribution in [2.45, 2.75) is 13.3 Å². The van der Waals surface area contributed by atoms with Crippen molar-refractivity contribution in [1.29, 1.82) is 0 Å². The number of rotatable bonds is 5. The van der Waals surface area contributed by atoms with E-state index in [2.05, 4.69) is 6.58 Å². The Labute approximate surface area is 96.2 Å². The molecule has 7 heteroatoms. The topological polar surface area (TPSA) is 101 Å². The van der Waals surface area contributed by atoms with Crippen molar-refractivity contribution in [3.8, 4) is 0 Å². The molecule has 0 saturated heterocycles. The monoisotopic (exact) mass is 253 g/mol. The maximum absolute atomic E-state index is 11.6. The van der Waals surface area contributed by atoms with Crippen LogP contribution in [-0.2, 0) is 14.9 Å². The van der Waals surface area contributed by atoms with Gasteiger partial charge in [-0.1, -0.05) is 6.58 Å². The Hall–Kier alpha value is -0.760. The summed E-state index contributed by atoms with van der Waals surface area (Å²) in [5, 5.41) is 0. The van der Waals surface area contributed by atoms with Crippen LogP contribution in [0.15, 0.2) is 12.2 Å². The highest BCUT2D eigenvalue weighted by molar-refractivity contribution is 7.85. The third kappa shape index (κ3) is 6.67. The molecule has 0 aromatic rings. The van der Waals surface area contributed by atoms with Gasteiger partial charge >= 0.3 is 5.91 Å². The molecule has 0 aliphatic carbocycles. The summed E-state index contributed by atoms with van der Waals surface area (Å²) in [6.07, 6.45) is 0.241. The van der Waals surface area contributed by atoms with E-state index >= 15 is 0 Å². The molecule has 0 fully saturated rings. The van der Waals surface area contributed by atoms with Gasteiger partial charge in [-0.05, 0) is 6.92 Å². The lowest BCUT2D eigenvalue weighted by molar-refractivity contribution is -0.811. The number of quaternary nitrogens is 1. The number of amides is 1. The summed E-state index contributed by atoms with van der Waals surface area (Å²) < 4.78 is 29.5. The third-order valence-electron chi connectivity index (χ3n) is 2.03. The maximum Gasteiger partial charge on any atom is 0.340 e. The smallest absolute Gasteiger partial charge is 0.340 e. The Kier molecular flexibility index (Phi) is 6.71. The molecule has 0 spiro atoms. The minimum atomic E-state index is -3.94. The minimum Gasteiger partial charge on any atom is -0.870 e. The van der Waals surface area contributed by atoms with Gasteiger partial charge in [0.25, 0.3) is 10.1 Å². The zero-order valence-corrected chi connectivity index (χ0v) is 10.6. The normalized spacial score (nSPS) is 11.8. The van der Waals surface area contributed by atoms with Crippen LogP contribution in [0, 0.1) is 0 Å². The fourth-order valence-electron chi connectivity index (χ4n) is 1.26. The first-order chi connectivity index (χ1) is 6.56. The van der Waals surface area contributed by atoms with E-state index in [-0.39, 0.29) is 28.0 Å². The molecule has 6 nitrogen and oxygen atoms in total. The summed E-state index contributed by atoms with van der Waals surface area (Å²) in [6, 6.07) is 0. The van der Waals surface area contributed by atoms with Crippen LogP contribution >= 0.6 is 0 Å². The lowest BCUT2D eigenvalue weighted by Gasteiger charge is -2.26. The zero-order valence-electron chi connectivity index (χ0n) is 9.80. The highest BCUT2D eigenvalue weighted by atomic mass is 32.2. The van der Waals surface area contributed by atoms with Crippen molar-refractivity contribution >= 4 is 16.0 Å². The summed E-state index contributed by atoms with van der Waals surface area (Å²) in [5.41, 5.74) is 0.437. The lowest BCUT2D eigenvalue weighted by atomic mass is 10.2. The molecule has 2 N–H and O–H groups in total. The fraction of sp³-hybridized carbons (Fsp3) is 0.667. The van der Waals surface area contributed by atoms with Crippen LogP contribution in [0.4, 0.5) is 0 Å². The first kappa shape index (κ1) is 17.6. The van der Waals surface area contributed by atoms with Gasteiger partial charge in [0.1, 0.15) is 0 Å². The maximum atomic E-state index is 11.6. The predicted molar refractivity (Wildman–Crippen MR) is 59.8 cm³/mol. The van der Waals surface area contributed by atoms with Crippen molar-refractivity contribution in [3.63, 3.8) is 0 Å². The molecule has 0 aromatic carbocycles. The first-order valence-electron chi connectivity index (χ1n) is 4.55. The van der Waals surface area contributed by atoms with Gasteiger partial charge in [0.15, 0.2) is 0 Å². The molecule has 0 aliphatic heterocycles. The second-order valence-electron chi connectivity index (χ2n) is 4.13. The van der Waals surface area contributed by atoms with Crippen LogP contribution in [-0.4, -0.2) is 55.2 Å². The van der Waals surface area contributed by atoms with Crippen molar-refractivity contribution in [1.82, 2.24) is 0 Å². The summed E-state index contributed by atoms with van der Waals surface area (Å²) in [5.74, 6) is -0.455. The van der Waals surface area contributed by atoms with Crippen molar-refractivity contribution in [2.24, 2.45) is 0 Å². The van der Waals surface area contributed by atoms with Crippen LogP contribution in [0.25, 0.3) is 0 Å². The largest absolute Gasteiger partial charge is 0.870 e. The van der Waals surface area contributed by atoms with Crippen molar-refractivity contribution in [2.75, 3.05) is 26.4 Å². The molecule has 96 valence electrons. The van der Waals surface area contributed by atoms with E-state index in [0.717, 1.165) is 0 Å². The highest BCUT2D eigenvalue weighted by Crippen LogP contribution is 2.07. The minimum absolute atomic E-state index is 0. The SMILES string of the molecule is C=C(C)C(=O)[N+](C)(C)CCCS(=O)(=O)O.[OH-]. The number of hydrogen-bond donors (Lipinski definition) is 1. The zero-order chi connectivity index (χ0) is 12.3. The molecule has 0 unspecified atom stereocenters.